The summed E-state index contributed by atoms with van der Waals surface area (Å²) in [6, 6.07) is 1.70. The highest BCUT2D eigenvalue weighted by Gasteiger charge is 2.32. The zero-order valence-corrected chi connectivity index (χ0v) is 11.9. The van der Waals surface area contributed by atoms with Gasteiger partial charge in [-0.2, -0.15) is 0 Å². The first-order valence-corrected chi connectivity index (χ1v) is 7.35. The first-order chi connectivity index (χ1) is 10.0. The molecule has 21 heavy (non-hydrogen) atoms. The fourth-order valence-electron chi connectivity index (χ4n) is 2.40. The lowest BCUT2D eigenvalue weighted by atomic mass is 9.96. The summed E-state index contributed by atoms with van der Waals surface area (Å²) < 4.78 is 1.29. The molecule has 2 aromatic rings. The molecule has 0 radical (unpaired) electrons. The minimum Gasteiger partial charge on any atom is -0.481 e. The second-order valence-electron chi connectivity index (χ2n) is 5.08. The smallest absolute Gasteiger partial charge is 0.303 e. The number of carboxylic acids is 1. The molecule has 0 aromatic carbocycles. The maximum atomic E-state index is 12.1. The molecule has 1 aliphatic heterocycles. The molecular weight excluding hydrogens is 294 g/mol. The van der Waals surface area contributed by atoms with Crippen LogP contribution in [0.15, 0.2) is 22.6 Å². The molecule has 0 unspecified atom stereocenters. The summed E-state index contributed by atoms with van der Waals surface area (Å²) in [5.41, 5.74) is -0.225. The van der Waals surface area contributed by atoms with Crippen LogP contribution in [0.5, 0.6) is 0 Å². The molecule has 0 bridgehead atoms. The molecule has 1 amide bonds. The highest BCUT2D eigenvalue weighted by atomic mass is 32.1. The SMILES string of the molecule is O=C(O)CC1CN(C(=O)Cn2cnc3sccc3c2=O)C1. The molecular formula is C13H13N3O4S. The summed E-state index contributed by atoms with van der Waals surface area (Å²) in [6.45, 7) is 0.819. The van der Waals surface area contributed by atoms with Crippen molar-refractivity contribution in [3.05, 3.63) is 28.1 Å². The first kappa shape index (κ1) is 13.7. The van der Waals surface area contributed by atoms with E-state index < -0.39 is 5.97 Å². The number of aromatic nitrogens is 2. The van der Waals surface area contributed by atoms with Crippen LogP contribution in [0.25, 0.3) is 10.2 Å². The third-order valence-electron chi connectivity index (χ3n) is 3.53. The number of carbonyl (C=O) groups is 2. The maximum Gasteiger partial charge on any atom is 0.303 e. The van der Waals surface area contributed by atoms with Crippen molar-refractivity contribution < 1.29 is 14.7 Å². The van der Waals surface area contributed by atoms with Crippen LogP contribution in [0.1, 0.15) is 6.42 Å². The molecule has 3 heterocycles. The topological polar surface area (TPSA) is 92.5 Å². The average Bonchev–Trinajstić information content (AvgIpc) is 2.85. The Morgan fingerprint density at radius 3 is 2.90 bits per heavy atom. The number of carbonyl (C=O) groups excluding carboxylic acids is 1. The Kier molecular flexibility index (Phi) is 3.46. The van der Waals surface area contributed by atoms with Gasteiger partial charge in [0.05, 0.1) is 18.1 Å². The van der Waals surface area contributed by atoms with E-state index in [4.69, 9.17) is 5.11 Å². The molecule has 1 aliphatic rings. The Hall–Kier alpha value is -2.22. The maximum absolute atomic E-state index is 12.1. The normalized spacial score (nSPS) is 15.1. The third kappa shape index (κ3) is 2.66. The van der Waals surface area contributed by atoms with E-state index in [1.807, 2.05) is 0 Å². The molecule has 3 rings (SSSR count). The number of carboxylic acid groups (broad SMARTS) is 1. The minimum atomic E-state index is -0.851. The van der Waals surface area contributed by atoms with Crippen molar-refractivity contribution in [1.82, 2.24) is 14.5 Å². The van der Waals surface area contributed by atoms with Crippen LogP contribution < -0.4 is 5.56 Å². The van der Waals surface area contributed by atoms with E-state index in [0.717, 1.165) is 0 Å². The largest absolute Gasteiger partial charge is 0.481 e. The predicted octanol–water partition coefficient (Wildman–Crippen LogP) is 0.391. The highest BCUT2D eigenvalue weighted by molar-refractivity contribution is 7.16. The van der Waals surface area contributed by atoms with Crippen molar-refractivity contribution in [2.45, 2.75) is 13.0 Å². The van der Waals surface area contributed by atoms with Crippen LogP contribution in [0.2, 0.25) is 0 Å². The van der Waals surface area contributed by atoms with Gasteiger partial charge in [-0.05, 0) is 11.4 Å². The van der Waals surface area contributed by atoms with Crippen LogP contribution in [0.3, 0.4) is 0 Å². The van der Waals surface area contributed by atoms with E-state index >= 15 is 0 Å². The van der Waals surface area contributed by atoms with Crippen molar-refractivity contribution >= 4 is 33.4 Å². The quantitative estimate of drug-likeness (QED) is 0.882. The van der Waals surface area contributed by atoms with Gasteiger partial charge in [0.1, 0.15) is 11.4 Å². The summed E-state index contributed by atoms with van der Waals surface area (Å²) >= 11 is 1.38. The van der Waals surface area contributed by atoms with Crippen molar-refractivity contribution in [1.29, 1.82) is 0 Å². The van der Waals surface area contributed by atoms with Crippen molar-refractivity contribution in [3.8, 4) is 0 Å². The Labute approximate surface area is 123 Å². The average molecular weight is 307 g/mol. The van der Waals surface area contributed by atoms with Gasteiger partial charge in [0, 0.05) is 19.0 Å². The number of hydrogen-bond acceptors (Lipinski definition) is 5. The number of nitrogens with zero attached hydrogens (tertiary/aromatic N) is 3. The molecule has 2 aromatic heterocycles. The van der Waals surface area contributed by atoms with Gasteiger partial charge in [-0.15, -0.1) is 11.3 Å². The van der Waals surface area contributed by atoms with Crippen LogP contribution >= 0.6 is 11.3 Å². The van der Waals surface area contributed by atoms with Crippen LogP contribution in [-0.4, -0.2) is 44.5 Å². The van der Waals surface area contributed by atoms with Crippen LogP contribution in [-0.2, 0) is 16.1 Å². The molecule has 1 fully saturated rings. The van der Waals surface area contributed by atoms with Crippen LogP contribution in [0, 0.1) is 5.92 Å². The summed E-state index contributed by atoms with van der Waals surface area (Å²) in [4.78, 5) is 41.1. The first-order valence-electron chi connectivity index (χ1n) is 6.47. The van der Waals surface area contributed by atoms with E-state index in [9.17, 15) is 14.4 Å². The molecule has 8 heteroatoms. The van der Waals surface area contributed by atoms with Gasteiger partial charge in [0.25, 0.3) is 5.56 Å². The van der Waals surface area contributed by atoms with Gasteiger partial charge in [0.2, 0.25) is 5.91 Å². The van der Waals surface area contributed by atoms with Gasteiger partial charge in [-0.3, -0.25) is 19.0 Å². The zero-order chi connectivity index (χ0) is 15.0. The van der Waals surface area contributed by atoms with Gasteiger partial charge in [-0.1, -0.05) is 0 Å². The second-order valence-corrected chi connectivity index (χ2v) is 5.97. The summed E-state index contributed by atoms with van der Waals surface area (Å²) in [5.74, 6) is -1.02. The molecule has 0 aliphatic carbocycles. The number of amides is 1. The Balaban J connectivity index is 1.66. The van der Waals surface area contributed by atoms with E-state index in [2.05, 4.69) is 4.98 Å². The van der Waals surface area contributed by atoms with Crippen molar-refractivity contribution in [2.24, 2.45) is 5.92 Å². The molecule has 1 saturated heterocycles. The lowest BCUT2D eigenvalue weighted by Crippen LogP contribution is -2.52. The predicted molar refractivity (Wildman–Crippen MR) is 76.2 cm³/mol. The summed E-state index contributed by atoms with van der Waals surface area (Å²) in [6.07, 6.45) is 1.46. The monoisotopic (exact) mass is 307 g/mol. The van der Waals surface area contributed by atoms with Crippen molar-refractivity contribution in [2.75, 3.05) is 13.1 Å². The number of aliphatic carboxylic acids is 1. The second kappa shape index (κ2) is 5.28. The number of thiophene rings is 1. The van der Waals surface area contributed by atoms with Crippen LogP contribution in [0.4, 0.5) is 0 Å². The fraction of sp³-hybridized carbons (Fsp3) is 0.385. The number of likely N-dealkylation sites (tertiary alicyclic amines) is 1. The Bertz CT molecular complexity index is 760. The summed E-state index contributed by atoms with van der Waals surface area (Å²) in [7, 11) is 0. The van der Waals surface area contributed by atoms with E-state index in [-0.39, 0.29) is 30.3 Å². The number of fused-ring (bicyclic) bond motifs is 1. The van der Waals surface area contributed by atoms with Gasteiger partial charge in [0.15, 0.2) is 0 Å². The molecule has 1 N–H and O–H groups in total. The highest BCUT2D eigenvalue weighted by Crippen LogP contribution is 2.19. The lowest BCUT2D eigenvalue weighted by molar-refractivity contribution is -0.145. The van der Waals surface area contributed by atoms with Gasteiger partial charge >= 0.3 is 5.97 Å². The molecule has 0 saturated carbocycles. The molecule has 0 spiro atoms. The molecule has 110 valence electrons. The zero-order valence-electron chi connectivity index (χ0n) is 11.1. The third-order valence-corrected chi connectivity index (χ3v) is 4.35. The fourth-order valence-corrected chi connectivity index (χ4v) is 3.12. The molecule has 7 nitrogen and oxygen atoms in total. The minimum absolute atomic E-state index is 0.0145. The van der Waals surface area contributed by atoms with E-state index in [1.165, 1.54) is 22.2 Å². The van der Waals surface area contributed by atoms with Gasteiger partial charge in [-0.25, -0.2) is 4.98 Å². The Morgan fingerprint density at radius 2 is 2.19 bits per heavy atom. The Morgan fingerprint density at radius 1 is 1.43 bits per heavy atom. The lowest BCUT2D eigenvalue weighted by Gasteiger charge is -2.38. The van der Waals surface area contributed by atoms with E-state index in [0.29, 0.717) is 23.3 Å². The molecule has 0 atom stereocenters. The van der Waals surface area contributed by atoms with Gasteiger partial charge < -0.3 is 10.0 Å². The standard InChI is InChI=1S/C13H13N3O4S/c17-10(15-4-8(5-15)3-11(18)19)6-16-7-14-12-9(13(16)20)1-2-21-12/h1-2,7-8H,3-6H2,(H,18,19). The summed E-state index contributed by atoms with van der Waals surface area (Å²) in [5, 5.41) is 11.0. The number of hydrogen-bond donors (Lipinski definition) is 1. The van der Waals surface area contributed by atoms with E-state index in [1.54, 1.807) is 16.3 Å². The number of rotatable bonds is 4. The van der Waals surface area contributed by atoms with Crippen molar-refractivity contribution in [3.63, 3.8) is 0 Å².